The molecule has 0 saturated carbocycles. The van der Waals surface area contributed by atoms with Gasteiger partial charge in [0.2, 0.25) is 0 Å². The molecule has 0 atom stereocenters. The summed E-state index contributed by atoms with van der Waals surface area (Å²) >= 11 is 0. The van der Waals surface area contributed by atoms with E-state index >= 15 is 0 Å². The number of nitrogens with one attached hydrogen (secondary N) is 1. The molecule has 0 heterocycles. The predicted molar refractivity (Wildman–Crippen MR) is 119 cm³/mol. The van der Waals surface area contributed by atoms with Crippen LogP contribution in [0.3, 0.4) is 0 Å². The molecule has 166 valence electrons. The van der Waals surface area contributed by atoms with Crippen LogP contribution in [0.4, 0.5) is 10.1 Å². The summed E-state index contributed by atoms with van der Waals surface area (Å²) in [5.74, 6) is -1.69. The maximum Gasteiger partial charge on any atom is 0.337 e. The van der Waals surface area contributed by atoms with Crippen LogP contribution in [0, 0.1) is 17.1 Å². The van der Waals surface area contributed by atoms with E-state index in [1.807, 2.05) is 6.07 Å². The van der Waals surface area contributed by atoms with Crippen molar-refractivity contribution < 1.29 is 28.6 Å². The fourth-order valence-corrected chi connectivity index (χ4v) is 2.97. The molecule has 0 saturated heterocycles. The zero-order chi connectivity index (χ0) is 23.8. The molecule has 0 radical (unpaired) electrons. The van der Waals surface area contributed by atoms with Crippen LogP contribution >= 0.6 is 0 Å². The highest BCUT2D eigenvalue weighted by atomic mass is 19.1. The van der Waals surface area contributed by atoms with Crippen LogP contribution in [-0.2, 0) is 11.4 Å². The van der Waals surface area contributed by atoms with E-state index in [2.05, 4.69) is 5.32 Å². The zero-order valence-electron chi connectivity index (χ0n) is 17.5. The molecule has 7 nitrogen and oxygen atoms in total. The van der Waals surface area contributed by atoms with Crippen LogP contribution in [-0.4, -0.2) is 24.1 Å². The first-order valence-electron chi connectivity index (χ1n) is 9.72. The number of halogens is 1. The monoisotopic (exact) mass is 446 g/mol. The second-order valence-corrected chi connectivity index (χ2v) is 6.77. The molecular formula is C25H19FN2O5. The fourth-order valence-electron chi connectivity index (χ4n) is 2.97. The van der Waals surface area contributed by atoms with Crippen molar-refractivity contribution in [1.29, 1.82) is 5.26 Å². The summed E-state index contributed by atoms with van der Waals surface area (Å²) in [6, 6.07) is 18.5. The van der Waals surface area contributed by atoms with Gasteiger partial charge in [-0.1, -0.05) is 36.4 Å². The molecule has 3 aromatic rings. The Kier molecular flexibility index (Phi) is 7.39. The zero-order valence-corrected chi connectivity index (χ0v) is 17.5. The Bertz CT molecular complexity index is 1250. The molecule has 3 aromatic carbocycles. The quantitative estimate of drug-likeness (QED) is 0.385. The molecule has 3 rings (SSSR count). The highest BCUT2D eigenvalue weighted by Crippen LogP contribution is 2.33. The highest BCUT2D eigenvalue weighted by molar-refractivity contribution is 6.12. The molecule has 0 aliphatic heterocycles. The Morgan fingerprint density at radius 3 is 2.48 bits per heavy atom. The minimum absolute atomic E-state index is 0.0644. The van der Waals surface area contributed by atoms with Gasteiger partial charge in [0, 0.05) is 5.56 Å². The molecule has 0 bridgehead atoms. The summed E-state index contributed by atoms with van der Waals surface area (Å²) < 4.78 is 24.4. The van der Waals surface area contributed by atoms with E-state index in [0.29, 0.717) is 16.9 Å². The maximum absolute atomic E-state index is 13.1. The van der Waals surface area contributed by atoms with Crippen LogP contribution in [0.15, 0.2) is 72.3 Å². The van der Waals surface area contributed by atoms with E-state index in [1.54, 1.807) is 36.4 Å². The van der Waals surface area contributed by atoms with Gasteiger partial charge in [-0.15, -0.1) is 0 Å². The SMILES string of the molecule is COc1cccc(C=C(C#N)C(=O)Nc2ccccc2C(=O)O)c1OCc1ccc(F)cc1. The lowest BCUT2D eigenvalue weighted by molar-refractivity contribution is -0.112. The molecule has 0 unspecified atom stereocenters. The number of ether oxygens (including phenoxy) is 2. The second-order valence-electron chi connectivity index (χ2n) is 6.77. The molecule has 1 amide bonds. The Balaban J connectivity index is 1.90. The average molecular weight is 446 g/mol. The largest absolute Gasteiger partial charge is 0.493 e. The van der Waals surface area contributed by atoms with E-state index in [4.69, 9.17) is 9.47 Å². The van der Waals surface area contributed by atoms with Crippen LogP contribution in [0.1, 0.15) is 21.5 Å². The van der Waals surface area contributed by atoms with Crippen LogP contribution in [0.5, 0.6) is 11.5 Å². The van der Waals surface area contributed by atoms with Crippen LogP contribution in [0.2, 0.25) is 0 Å². The maximum atomic E-state index is 13.1. The summed E-state index contributed by atoms with van der Waals surface area (Å²) in [5.41, 5.74) is 0.799. The Morgan fingerprint density at radius 1 is 1.09 bits per heavy atom. The van der Waals surface area contributed by atoms with Crippen LogP contribution in [0.25, 0.3) is 6.08 Å². The molecule has 33 heavy (non-hydrogen) atoms. The molecule has 0 aliphatic rings. The van der Waals surface area contributed by atoms with E-state index in [-0.39, 0.29) is 35.0 Å². The predicted octanol–water partition coefficient (Wildman–Crippen LogP) is 4.66. The van der Waals surface area contributed by atoms with Gasteiger partial charge in [0.25, 0.3) is 5.91 Å². The number of carbonyl (C=O) groups excluding carboxylic acids is 1. The lowest BCUT2D eigenvalue weighted by atomic mass is 10.1. The van der Waals surface area contributed by atoms with Crippen molar-refractivity contribution in [2.75, 3.05) is 12.4 Å². The summed E-state index contributed by atoms with van der Waals surface area (Å²) in [4.78, 5) is 24.1. The van der Waals surface area contributed by atoms with Crippen molar-refractivity contribution in [3.05, 3.63) is 94.8 Å². The summed E-state index contributed by atoms with van der Waals surface area (Å²) in [5, 5.41) is 21.3. The number of rotatable bonds is 8. The van der Waals surface area contributed by atoms with Crippen molar-refractivity contribution in [2.45, 2.75) is 6.61 Å². The number of para-hydroxylation sites is 2. The number of methoxy groups -OCH3 is 1. The number of hydrogen-bond acceptors (Lipinski definition) is 5. The van der Waals surface area contributed by atoms with Crippen molar-refractivity contribution in [2.24, 2.45) is 0 Å². The number of nitriles is 1. The number of amides is 1. The molecule has 8 heteroatoms. The number of aromatic carboxylic acids is 1. The number of carboxylic acids is 1. The Morgan fingerprint density at radius 2 is 1.82 bits per heavy atom. The third-order valence-electron chi connectivity index (χ3n) is 4.60. The van der Waals surface area contributed by atoms with Crippen molar-refractivity contribution in [1.82, 2.24) is 0 Å². The Labute approximate surface area is 189 Å². The van der Waals surface area contributed by atoms with Gasteiger partial charge in [-0.05, 0) is 42.0 Å². The Hall–Kier alpha value is -4.64. The van der Waals surface area contributed by atoms with Gasteiger partial charge in [-0.2, -0.15) is 5.26 Å². The molecular weight excluding hydrogens is 427 g/mol. The summed E-state index contributed by atoms with van der Waals surface area (Å²) in [7, 11) is 1.45. The lowest BCUT2D eigenvalue weighted by Gasteiger charge is -2.14. The average Bonchev–Trinajstić information content (AvgIpc) is 2.82. The van der Waals surface area contributed by atoms with E-state index in [9.17, 15) is 24.3 Å². The van der Waals surface area contributed by atoms with E-state index < -0.39 is 11.9 Å². The fraction of sp³-hybridized carbons (Fsp3) is 0.0800. The van der Waals surface area contributed by atoms with Gasteiger partial charge in [0.1, 0.15) is 24.1 Å². The molecule has 0 spiro atoms. The van der Waals surface area contributed by atoms with Gasteiger partial charge >= 0.3 is 5.97 Å². The number of hydrogen-bond donors (Lipinski definition) is 2. The number of benzene rings is 3. The first-order chi connectivity index (χ1) is 15.9. The highest BCUT2D eigenvalue weighted by Gasteiger charge is 2.17. The smallest absolute Gasteiger partial charge is 0.337 e. The van der Waals surface area contributed by atoms with E-state index in [0.717, 1.165) is 0 Å². The van der Waals surface area contributed by atoms with Gasteiger partial charge in [0.15, 0.2) is 11.5 Å². The van der Waals surface area contributed by atoms with Crippen molar-refractivity contribution in [3.63, 3.8) is 0 Å². The second kappa shape index (κ2) is 10.6. The third-order valence-corrected chi connectivity index (χ3v) is 4.60. The number of carboxylic acid groups (broad SMARTS) is 1. The van der Waals surface area contributed by atoms with Crippen molar-refractivity contribution >= 4 is 23.6 Å². The minimum atomic E-state index is -1.21. The summed E-state index contributed by atoms with van der Waals surface area (Å²) in [6.07, 6.45) is 1.32. The van der Waals surface area contributed by atoms with Crippen LogP contribution < -0.4 is 14.8 Å². The first kappa shape index (κ1) is 23.0. The lowest BCUT2D eigenvalue weighted by Crippen LogP contribution is -2.16. The summed E-state index contributed by atoms with van der Waals surface area (Å²) in [6.45, 7) is 0.0988. The van der Waals surface area contributed by atoms with Gasteiger partial charge < -0.3 is 19.9 Å². The topological polar surface area (TPSA) is 109 Å². The number of nitrogens with zero attached hydrogens (tertiary/aromatic N) is 1. The van der Waals surface area contributed by atoms with Gasteiger partial charge in [-0.3, -0.25) is 4.79 Å². The van der Waals surface area contributed by atoms with E-state index in [1.165, 1.54) is 43.5 Å². The molecule has 2 N–H and O–H groups in total. The van der Waals surface area contributed by atoms with Gasteiger partial charge in [0.05, 0.1) is 18.4 Å². The number of anilines is 1. The molecule has 0 aliphatic carbocycles. The first-order valence-corrected chi connectivity index (χ1v) is 9.72. The third kappa shape index (κ3) is 5.74. The standard InChI is InChI=1S/C25H19FN2O5/c1-32-22-8-4-5-17(23(22)33-15-16-9-11-19(26)12-10-16)13-18(14-27)24(29)28-21-7-3-2-6-20(21)25(30)31/h2-13H,15H2,1H3,(H,28,29)(H,30,31). The number of carbonyl (C=O) groups is 2. The molecule has 0 aromatic heterocycles. The normalized spacial score (nSPS) is 10.8. The molecule has 0 fully saturated rings. The van der Waals surface area contributed by atoms with Gasteiger partial charge in [-0.25, -0.2) is 9.18 Å². The van der Waals surface area contributed by atoms with Crippen molar-refractivity contribution in [3.8, 4) is 17.6 Å². The minimum Gasteiger partial charge on any atom is -0.493 e.